The second-order valence-corrected chi connectivity index (χ2v) is 4.64. The Balaban J connectivity index is 2.14. The van der Waals surface area contributed by atoms with E-state index in [1.54, 1.807) is 7.11 Å². The van der Waals surface area contributed by atoms with Gasteiger partial charge in [-0.25, -0.2) is 0 Å². The summed E-state index contributed by atoms with van der Waals surface area (Å²) in [7, 11) is 1.62. The lowest BCUT2D eigenvalue weighted by Crippen LogP contribution is -2.21. The van der Waals surface area contributed by atoms with E-state index in [4.69, 9.17) is 15.0 Å². The van der Waals surface area contributed by atoms with Gasteiger partial charge in [0.25, 0.3) is 0 Å². The molecule has 0 saturated heterocycles. The van der Waals surface area contributed by atoms with E-state index in [0.717, 1.165) is 11.3 Å². The number of hydrogen-bond acceptors (Lipinski definition) is 5. The van der Waals surface area contributed by atoms with Crippen LogP contribution in [0.5, 0.6) is 0 Å². The summed E-state index contributed by atoms with van der Waals surface area (Å²) >= 11 is 0. The first-order valence-electron chi connectivity index (χ1n) is 5.74. The lowest BCUT2D eigenvalue weighted by molar-refractivity contribution is 0.00973. The quantitative estimate of drug-likeness (QED) is 0.838. The molecular weight excluding hydrogens is 230 g/mol. The third-order valence-electron chi connectivity index (χ3n) is 2.85. The van der Waals surface area contributed by atoms with Gasteiger partial charge in [0.05, 0.1) is 6.42 Å². The molecule has 18 heavy (non-hydrogen) atoms. The predicted molar refractivity (Wildman–Crippen MR) is 68.0 cm³/mol. The Hall–Kier alpha value is -1.88. The normalized spacial score (nSPS) is 11.7. The Kier molecular flexibility index (Phi) is 3.34. The molecule has 1 aromatic carbocycles. The summed E-state index contributed by atoms with van der Waals surface area (Å²) in [6.45, 7) is 3.79. The Bertz CT molecular complexity index is 517. The number of aromatic nitrogens is 2. The van der Waals surface area contributed by atoms with Gasteiger partial charge in [-0.05, 0) is 31.5 Å². The van der Waals surface area contributed by atoms with Crippen LogP contribution in [0.25, 0.3) is 0 Å². The molecule has 2 rings (SSSR count). The zero-order chi connectivity index (χ0) is 13.2. The maximum absolute atomic E-state index is 5.63. The van der Waals surface area contributed by atoms with Gasteiger partial charge < -0.3 is 15.0 Å². The molecule has 2 aromatic rings. The first-order chi connectivity index (χ1) is 8.51. The van der Waals surface area contributed by atoms with Crippen molar-refractivity contribution in [2.24, 2.45) is 0 Å². The van der Waals surface area contributed by atoms with Gasteiger partial charge in [-0.15, -0.1) is 0 Å². The Morgan fingerprint density at radius 3 is 2.56 bits per heavy atom. The molecule has 0 radical (unpaired) electrons. The molecule has 2 N–H and O–H groups in total. The third kappa shape index (κ3) is 2.68. The molecule has 96 valence electrons. The SMILES string of the molecule is COC(C)(C)c1noc(Cc2ccc(N)cc2)n1. The van der Waals surface area contributed by atoms with Gasteiger partial charge in [-0.3, -0.25) is 0 Å². The van der Waals surface area contributed by atoms with Crippen molar-refractivity contribution < 1.29 is 9.26 Å². The largest absolute Gasteiger partial charge is 0.399 e. The predicted octanol–water partition coefficient (Wildman–Crippen LogP) is 2.12. The van der Waals surface area contributed by atoms with Crippen LogP contribution in [-0.4, -0.2) is 17.3 Å². The molecule has 1 aromatic heterocycles. The average Bonchev–Trinajstić information content (AvgIpc) is 2.81. The molecule has 0 spiro atoms. The zero-order valence-electron chi connectivity index (χ0n) is 10.8. The summed E-state index contributed by atoms with van der Waals surface area (Å²) in [5, 5.41) is 3.94. The molecule has 0 amide bonds. The van der Waals surface area contributed by atoms with Crippen LogP contribution in [0.2, 0.25) is 0 Å². The zero-order valence-corrected chi connectivity index (χ0v) is 10.8. The van der Waals surface area contributed by atoms with E-state index >= 15 is 0 Å². The Labute approximate surface area is 106 Å². The molecule has 0 atom stereocenters. The van der Waals surface area contributed by atoms with Gasteiger partial charge in [0.2, 0.25) is 11.7 Å². The van der Waals surface area contributed by atoms with Crippen LogP contribution in [0.4, 0.5) is 5.69 Å². The fraction of sp³-hybridized carbons (Fsp3) is 0.385. The molecule has 0 saturated carbocycles. The van der Waals surface area contributed by atoms with Crippen molar-refractivity contribution in [1.29, 1.82) is 0 Å². The Morgan fingerprint density at radius 1 is 1.28 bits per heavy atom. The fourth-order valence-electron chi connectivity index (χ4n) is 1.47. The molecule has 0 aliphatic heterocycles. The third-order valence-corrected chi connectivity index (χ3v) is 2.85. The number of ether oxygens (including phenoxy) is 1. The lowest BCUT2D eigenvalue weighted by atomic mass is 10.1. The molecule has 1 heterocycles. The van der Waals surface area contributed by atoms with Crippen LogP contribution in [-0.2, 0) is 16.8 Å². The highest BCUT2D eigenvalue weighted by molar-refractivity contribution is 5.39. The summed E-state index contributed by atoms with van der Waals surface area (Å²) in [5.74, 6) is 1.12. The van der Waals surface area contributed by atoms with E-state index in [0.29, 0.717) is 18.1 Å². The average molecular weight is 247 g/mol. The lowest BCUT2D eigenvalue weighted by Gasteiger charge is -2.17. The van der Waals surface area contributed by atoms with E-state index in [-0.39, 0.29) is 0 Å². The monoisotopic (exact) mass is 247 g/mol. The number of benzene rings is 1. The molecule has 5 heteroatoms. The second-order valence-electron chi connectivity index (χ2n) is 4.64. The number of nitrogen functional groups attached to an aromatic ring is 1. The molecule has 0 unspecified atom stereocenters. The highest BCUT2D eigenvalue weighted by Gasteiger charge is 2.26. The van der Waals surface area contributed by atoms with E-state index in [2.05, 4.69) is 10.1 Å². The van der Waals surface area contributed by atoms with Gasteiger partial charge >= 0.3 is 0 Å². The first kappa shape index (κ1) is 12.6. The van der Waals surface area contributed by atoms with Gasteiger partial charge in [-0.1, -0.05) is 17.3 Å². The molecule has 5 nitrogen and oxygen atoms in total. The second kappa shape index (κ2) is 4.78. The number of nitrogens with zero attached hydrogens (tertiary/aromatic N) is 2. The number of methoxy groups -OCH3 is 1. The van der Waals surface area contributed by atoms with Gasteiger partial charge in [0.1, 0.15) is 5.60 Å². The van der Waals surface area contributed by atoms with Gasteiger partial charge in [0.15, 0.2) is 0 Å². The van der Waals surface area contributed by atoms with E-state index in [9.17, 15) is 0 Å². The summed E-state index contributed by atoms with van der Waals surface area (Å²) in [4.78, 5) is 4.34. The van der Waals surface area contributed by atoms with Crippen molar-refractivity contribution in [2.75, 3.05) is 12.8 Å². The van der Waals surface area contributed by atoms with Crippen LogP contribution in [0.3, 0.4) is 0 Å². The van der Waals surface area contributed by atoms with Crippen LogP contribution >= 0.6 is 0 Å². The summed E-state index contributed by atoms with van der Waals surface area (Å²) in [6, 6.07) is 7.60. The molecule has 0 bridgehead atoms. The summed E-state index contributed by atoms with van der Waals surface area (Å²) < 4.78 is 10.5. The van der Waals surface area contributed by atoms with Crippen molar-refractivity contribution in [3.05, 3.63) is 41.5 Å². The highest BCUT2D eigenvalue weighted by Crippen LogP contribution is 2.21. The number of nitrogens with two attached hydrogens (primary N) is 1. The molecular formula is C13H17N3O2. The van der Waals surface area contributed by atoms with Crippen molar-refractivity contribution >= 4 is 5.69 Å². The topological polar surface area (TPSA) is 74.2 Å². The van der Waals surface area contributed by atoms with Crippen molar-refractivity contribution in [1.82, 2.24) is 10.1 Å². The number of hydrogen-bond donors (Lipinski definition) is 1. The van der Waals surface area contributed by atoms with Gasteiger partial charge in [0, 0.05) is 12.8 Å². The van der Waals surface area contributed by atoms with Crippen molar-refractivity contribution in [3.8, 4) is 0 Å². The summed E-state index contributed by atoms with van der Waals surface area (Å²) in [6.07, 6.45) is 0.590. The van der Waals surface area contributed by atoms with E-state index < -0.39 is 5.60 Å². The molecule has 0 fully saturated rings. The minimum absolute atomic E-state index is 0.539. The van der Waals surface area contributed by atoms with E-state index in [1.807, 2.05) is 38.1 Å². The van der Waals surface area contributed by atoms with Crippen LogP contribution in [0.1, 0.15) is 31.1 Å². The molecule has 0 aliphatic rings. The Morgan fingerprint density at radius 2 is 1.94 bits per heavy atom. The smallest absolute Gasteiger partial charge is 0.231 e. The van der Waals surface area contributed by atoms with Gasteiger partial charge in [-0.2, -0.15) is 4.98 Å². The van der Waals surface area contributed by atoms with Crippen molar-refractivity contribution in [2.45, 2.75) is 25.9 Å². The maximum atomic E-state index is 5.63. The fourth-order valence-corrected chi connectivity index (χ4v) is 1.47. The highest BCUT2D eigenvalue weighted by atomic mass is 16.5. The number of anilines is 1. The van der Waals surface area contributed by atoms with Crippen LogP contribution in [0.15, 0.2) is 28.8 Å². The summed E-state index contributed by atoms with van der Waals surface area (Å²) in [5.41, 5.74) is 6.91. The van der Waals surface area contributed by atoms with Crippen LogP contribution in [0, 0.1) is 0 Å². The minimum Gasteiger partial charge on any atom is -0.399 e. The van der Waals surface area contributed by atoms with Crippen LogP contribution < -0.4 is 5.73 Å². The first-order valence-corrected chi connectivity index (χ1v) is 5.74. The van der Waals surface area contributed by atoms with Crippen molar-refractivity contribution in [3.63, 3.8) is 0 Å². The number of rotatable bonds is 4. The van der Waals surface area contributed by atoms with E-state index in [1.165, 1.54) is 0 Å². The molecule has 0 aliphatic carbocycles. The maximum Gasteiger partial charge on any atom is 0.231 e. The minimum atomic E-state index is -0.539. The standard InChI is InChI=1S/C13H17N3O2/c1-13(2,17-3)12-15-11(18-16-12)8-9-4-6-10(14)7-5-9/h4-7H,8,14H2,1-3H3.